The summed E-state index contributed by atoms with van der Waals surface area (Å²) in [6.45, 7) is 0. The van der Waals surface area contributed by atoms with Crippen LogP contribution in [-0.4, -0.2) is 0 Å². The van der Waals surface area contributed by atoms with E-state index in [1.165, 1.54) is 18.2 Å². The molecule has 2 heterocycles. The minimum absolute atomic E-state index is 0.0198. The lowest BCUT2D eigenvalue weighted by Gasteiger charge is -2.25. The number of nitrogens with two attached hydrogens (primary N) is 1. The Kier molecular flexibility index (Phi) is 3.78. The number of fused-ring (bicyclic) bond motifs is 2. The number of halogens is 2. The zero-order valence-corrected chi connectivity index (χ0v) is 14.7. The van der Waals surface area contributed by atoms with Crippen LogP contribution in [0.4, 0.5) is 4.39 Å². The highest BCUT2D eigenvalue weighted by Crippen LogP contribution is 2.43. The number of nitriles is 1. The maximum Gasteiger partial charge on any atom is 0.300 e. The van der Waals surface area contributed by atoms with Crippen LogP contribution < -0.4 is 15.9 Å². The lowest BCUT2D eigenvalue weighted by atomic mass is 9.84. The normalized spacial score (nSPS) is 16.1. The van der Waals surface area contributed by atoms with Crippen molar-refractivity contribution in [3.63, 3.8) is 0 Å². The molecule has 26 heavy (non-hydrogen) atoms. The Morgan fingerprint density at radius 3 is 2.77 bits per heavy atom. The van der Waals surface area contributed by atoms with Crippen LogP contribution in [0.15, 0.2) is 67.6 Å². The molecule has 0 unspecified atom stereocenters. The van der Waals surface area contributed by atoms with Gasteiger partial charge in [-0.15, -0.1) is 0 Å². The molecule has 5 nitrogen and oxygen atoms in total. The Morgan fingerprint density at radius 2 is 2.00 bits per heavy atom. The largest absolute Gasteiger partial charge is 0.425 e. The van der Waals surface area contributed by atoms with E-state index in [2.05, 4.69) is 15.9 Å². The van der Waals surface area contributed by atoms with E-state index in [4.69, 9.17) is 14.9 Å². The summed E-state index contributed by atoms with van der Waals surface area (Å²) in [7, 11) is 0. The molecule has 0 spiro atoms. The van der Waals surface area contributed by atoms with Crippen molar-refractivity contribution in [2.75, 3.05) is 0 Å². The highest BCUT2D eigenvalue weighted by molar-refractivity contribution is 9.10. The number of allylic oxidation sites excluding steroid dienone is 1. The van der Waals surface area contributed by atoms with Gasteiger partial charge in [0.2, 0.25) is 11.3 Å². The average Bonchev–Trinajstić information content (AvgIpc) is 2.63. The summed E-state index contributed by atoms with van der Waals surface area (Å²) in [4.78, 5) is 13.1. The first-order valence-electron chi connectivity index (χ1n) is 7.59. The van der Waals surface area contributed by atoms with Crippen molar-refractivity contribution in [1.29, 1.82) is 5.26 Å². The molecule has 3 aromatic rings. The van der Waals surface area contributed by atoms with Crippen molar-refractivity contribution in [2.45, 2.75) is 5.92 Å². The third-order valence-electron chi connectivity index (χ3n) is 4.23. The third kappa shape index (κ3) is 2.38. The lowest BCUT2D eigenvalue weighted by molar-refractivity contribution is 0.295. The van der Waals surface area contributed by atoms with Gasteiger partial charge in [0, 0.05) is 4.47 Å². The zero-order chi connectivity index (χ0) is 18.4. The summed E-state index contributed by atoms with van der Waals surface area (Å²) in [5, 5.41) is 9.91. The number of rotatable bonds is 1. The highest BCUT2D eigenvalue weighted by Gasteiger charge is 2.36. The first-order chi connectivity index (χ1) is 12.5. The van der Waals surface area contributed by atoms with Crippen LogP contribution in [0.2, 0.25) is 0 Å². The van der Waals surface area contributed by atoms with Gasteiger partial charge < -0.3 is 14.9 Å². The summed E-state index contributed by atoms with van der Waals surface area (Å²) in [6.07, 6.45) is 0. The fourth-order valence-corrected chi connectivity index (χ4v) is 3.54. The van der Waals surface area contributed by atoms with Crippen LogP contribution in [0.1, 0.15) is 17.0 Å². The van der Waals surface area contributed by atoms with Crippen molar-refractivity contribution >= 4 is 26.9 Å². The van der Waals surface area contributed by atoms with Gasteiger partial charge in [0.05, 0.1) is 16.9 Å². The second-order valence-electron chi connectivity index (χ2n) is 5.72. The second-order valence-corrected chi connectivity index (χ2v) is 6.57. The van der Waals surface area contributed by atoms with Gasteiger partial charge in [-0.25, -0.2) is 4.39 Å². The van der Waals surface area contributed by atoms with Crippen molar-refractivity contribution in [3.05, 3.63) is 85.6 Å². The monoisotopic (exact) mass is 412 g/mol. The molecule has 1 aliphatic rings. The van der Waals surface area contributed by atoms with Crippen molar-refractivity contribution < 1.29 is 13.5 Å². The zero-order valence-electron chi connectivity index (χ0n) is 13.1. The predicted octanol–water partition coefficient (Wildman–Crippen LogP) is 3.91. The Hall–Kier alpha value is -3.11. The van der Waals surface area contributed by atoms with Gasteiger partial charge in [-0.1, -0.05) is 28.1 Å². The number of ether oxygens (including phenoxy) is 1. The molecule has 0 radical (unpaired) electrons. The fraction of sp³-hybridized carbons (Fsp3) is 0.0526. The number of hydrogen-bond donors (Lipinski definition) is 1. The number of para-hydroxylation sites is 1. The van der Waals surface area contributed by atoms with E-state index in [1.54, 1.807) is 24.3 Å². The van der Waals surface area contributed by atoms with Crippen molar-refractivity contribution in [2.24, 2.45) is 5.73 Å². The fourth-order valence-electron chi connectivity index (χ4n) is 3.07. The van der Waals surface area contributed by atoms with Gasteiger partial charge in [0.1, 0.15) is 23.0 Å². The van der Waals surface area contributed by atoms with E-state index >= 15 is 0 Å². The minimum Gasteiger partial charge on any atom is -0.425 e. The van der Waals surface area contributed by atoms with Crippen LogP contribution in [0.3, 0.4) is 0 Å². The molecular formula is C19H10BrFN2O3. The first-order valence-corrected chi connectivity index (χ1v) is 8.39. The smallest absolute Gasteiger partial charge is 0.300 e. The molecule has 0 saturated carbocycles. The maximum absolute atomic E-state index is 13.9. The summed E-state index contributed by atoms with van der Waals surface area (Å²) >= 11 is 3.36. The molecule has 128 valence electrons. The van der Waals surface area contributed by atoms with Crippen LogP contribution >= 0.6 is 15.9 Å². The second kappa shape index (κ2) is 6.00. The molecule has 0 fully saturated rings. The molecule has 0 aliphatic carbocycles. The van der Waals surface area contributed by atoms with Gasteiger partial charge in [-0.05, 0) is 35.9 Å². The van der Waals surface area contributed by atoms with Crippen molar-refractivity contribution in [1.82, 2.24) is 0 Å². The molecule has 1 aromatic heterocycles. The van der Waals surface area contributed by atoms with Crippen LogP contribution in [-0.2, 0) is 0 Å². The third-order valence-corrected chi connectivity index (χ3v) is 4.96. The van der Waals surface area contributed by atoms with Crippen LogP contribution in [0.5, 0.6) is 5.95 Å². The molecule has 2 N–H and O–H groups in total. The summed E-state index contributed by atoms with van der Waals surface area (Å²) in [5.74, 6) is -1.68. The van der Waals surface area contributed by atoms with Crippen molar-refractivity contribution in [3.8, 4) is 12.0 Å². The van der Waals surface area contributed by atoms with E-state index in [9.17, 15) is 14.4 Å². The molecule has 1 aliphatic heterocycles. The first kappa shape index (κ1) is 16.4. The molecule has 4 rings (SSSR count). The summed E-state index contributed by atoms with van der Waals surface area (Å²) in [5.41, 5.74) is 6.37. The summed E-state index contributed by atoms with van der Waals surface area (Å²) < 4.78 is 25.5. The number of nitrogens with zero attached hydrogens (tertiary/aromatic N) is 1. The quantitative estimate of drug-likeness (QED) is 0.654. The predicted molar refractivity (Wildman–Crippen MR) is 95.9 cm³/mol. The number of hydrogen-bond acceptors (Lipinski definition) is 5. The Balaban J connectivity index is 2.11. The lowest BCUT2D eigenvalue weighted by Crippen LogP contribution is -2.26. The SMILES string of the molecule is N#CC1=C(N)Oc2oc3ccccc3c(=O)c2[C@@H]1c1cc(F)ccc1Br. The van der Waals surface area contributed by atoms with E-state index in [-0.39, 0.29) is 28.4 Å². The molecule has 0 amide bonds. The molecule has 2 aromatic carbocycles. The van der Waals surface area contributed by atoms with Crippen LogP contribution in [0, 0.1) is 17.1 Å². The molecule has 1 atom stereocenters. The Bertz CT molecular complexity index is 1190. The number of benzene rings is 2. The standard InChI is InChI=1S/C19H10BrFN2O3/c20-13-6-5-9(21)7-11(13)15-12(8-22)18(23)26-19-16(15)17(24)10-3-1-2-4-14(10)25-19/h1-7,15H,23H2/t15-/m1/s1. The maximum atomic E-state index is 13.9. The van der Waals surface area contributed by atoms with E-state index in [1.807, 2.05) is 6.07 Å². The highest BCUT2D eigenvalue weighted by atomic mass is 79.9. The minimum atomic E-state index is -0.908. The Labute approximate surface area is 155 Å². The van der Waals surface area contributed by atoms with Gasteiger partial charge in [-0.2, -0.15) is 5.26 Å². The molecule has 0 bridgehead atoms. The van der Waals surface area contributed by atoms with Gasteiger partial charge in [0.25, 0.3) is 5.95 Å². The Morgan fingerprint density at radius 1 is 1.23 bits per heavy atom. The molecule has 7 heteroatoms. The average molecular weight is 413 g/mol. The van der Waals surface area contributed by atoms with Gasteiger partial charge in [-0.3, -0.25) is 4.79 Å². The van der Waals surface area contributed by atoms with Crippen LogP contribution in [0.25, 0.3) is 11.0 Å². The van der Waals surface area contributed by atoms with E-state index in [0.29, 0.717) is 21.0 Å². The molecule has 0 saturated heterocycles. The summed E-state index contributed by atoms with van der Waals surface area (Å²) in [6, 6.07) is 12.7. The van der Waals surface area contributed by atoms with Gasteiger partial charge >= 0.3 is 0 Å². The van der Waals surface area contributed by atoms with E-state index < -0.39 is 11.7 Å². The van der Waals surface area contributed by atoms with E-state index in [0.717, 1.165) is 0 Å². The topological polar surface area (TPSA) is 89.2 Å². The van der Waals surface area contributed by atoms with Gasteiger partial charge in [0.15, 0.2) is 0 Å². The molecular weight excluding hydrogens is 403 g/mol.